The second-order valence-corrected chi connectivity index (χ2v) is 4.47. The first kappa shape index (κ1) is 11.3. The Morgan fingerprint density at radius 1 is 1.22 bits per heavy atom. The third kappa shape index (κ3) is 1.98. The Hall–Kier alpha value is -1.85. The van der Waals surface area contributed by atoms with Crippen molar-refractivity contribution in [3.05, 3.63) is 40.5 Å². The average Bonchev–Trinajstić information content (AvgIpc) is 2.80. The largest absolute Gasteiger partial charge is 0.368 e. The molecule has 92 valence electrons. The fourth-order valence-corrected chi connectivity index (χ4v) is 2.16. The van der Waals surface area contributed by atoms with E-state index in [4.69, 9.17) is 17.3 Å². The molecule has 0 amide bonds. The van der Waals surface area contributed by atoms with Gasteiger partial charge in [-0.05, 0) is 12.1 Å². The van der Waals surface area contributed by atoms with Crippen LogP contribution in [0, 0.1) is 0 Å². The third-order valence-electron chi connectivity index (χ3n) is 2.83. The quantitative estimate of drug-likeness (QED) is 0.772. The number of hydrogen-bond donors (Lipinski definition) is 3. The second kappa shape index (κ2) is 4.44. The van der Waals surface area contributed by atoms with Crippen molar-refractivity contribution >= 4 is 29.1 Å². The zero-order valence-corrected chi connectivity index (χ0v) is 10.3. The molecule has 5 nitrogen and oxygen atoms in total. The Balaban J connectivity index is 2.01. The Labute approximate surface area is 109 Å². The summed E-state index contributed by atoms with van der Waals surface area (Å²) in [6.45, 7) is 1.46. The summed E-state index contributed by atoms with van der Waals surface area (Å²) in [5.74, 6) is 0.989. The molecule has 0 unspecified atom stereocenters. The zero-order valence-electron chi connectivity index (χ0n) is 9.57. The molecule has 18 heavy (non-hydrogen) atoms. The number of nitrogen functional groups attached to an aromatic ring is 1. The minimum Gasteiger partial charge on any atom is -0.368 e. The molecule has 0 atom stereocenters. The van der Waals surface area contributed by atoms with E-state index < -0.39 is 0 Å². The van der Waals surface area contributed by atoms with Gasteiger partial charge in [0.2, 0.25) is 5.95 Å². The molecule has 1 aromatic heterocycles. The number of benzene rings is 1. The van der Waals surface area contributed by atoms with Gasteiger partial charge in [-0.2, -0.15) is 4.98 Å². The maximum atomic E-state index is 6.11. The number of nitrogens with two attached hydrogens (primary N) is 1. The number of aromatic nitrogens is 2. The molecule has 0 fully saturated rings. The van der Waals surface area contributed by atoms with Gasteiger partial charge in [0.25, 0.3) is 0 Å². The lowest BCUT2D eigenvalue weighted by atomic mass is 10.2. The molecule has 0 radical (unpaired) electrons. The van der Waals surface area contributed by atoms with Gasteiger partial charge >= 0.3 is 0 Å². The van der Waals surface area contributed by atoms with Crippen LogP contribution in [0.3, 0.4) is 0 Å². The van der Waals surface area contributed by atoms with Crippen molar-refractivity contribution in [3.63, 3.8) is 0 Å². The Bertz CT molecular complexity index is 599. The van der Waals surface area contributed by atoms with Gasteiger partial charge in [0.1, 0.15) is 5.82 Å². The van der Waals surface area contributed by atoms with Gasteiger partial charge in [-0.15, -0.1) is 0 Å². The highest BCUT2D eigenvalue weighted by molar-refractivity contribution is 6.33. The zero-order chi connectivity index (χ0) is 12.5. The number of nitrogens with zero attached hydrogens (tertiary/aromatic N) is 2. The van der Waals surface area contributed by atoms with E-state index in [1.807, 2.05) is 24.3 Å². The summed E-state index contributed by atoms with van der Waals surface area (Å²) in [4.78, 5) is 8.45. The molecule has 2 heterocycles. The lowest BCUT2D eigenvalue weighted by Crippen LogP contribution is -2.05. The predicted molar refractivity (Wildman–Crippen MR) is 71.7 cm³/mol. The molecule has 0 aliphatic carbocycles. The fourth-order valence-electron chi connectivity index (χ4n) is 1.98. The number of para-hydroxylation sites is 1. The van der Waals surface area contributed by atoms with Crippen LogP contribution in [-0.4, -0.2) is 9.97 Å². The summed E-state index contributed by atoms with van der Waals surface area (Å²) in [5.41, 5.74) is 8.50. The molecule has 0 saturated heterocycles. The van der Waals surface area contributed by atoms with Gasteiger partial charge in [-0.1, -0.05) is 23.7 Å². The number of fused-ring (bicyclic) bond motifs is 1. The van der Waals surface area contributed by atoms with Crippen molar-refractivity contribution in [2.45, 2.75) is 13.1 Å². The van der Waals surface area contributed by atoms with Crippen LogP contribution in [0.5, 0.6) is 0 Å². The average molecular weight is 262 g/mol. The number of hydrogen-bond acceptors (Lipinski definition) is 5. The maximum Gasteiger partial charge on any atom is 0.222 e. The molecular weight excluding hydrogens is 250 g/mol. The molecular formula is C12H12ClN5. The highest BCUT2D eigenvalue weighted by Crippen LogP contribution is 2.28. The highest BCUT2D eigenvalue weighted by atomic mass is 35.5. The number of nitrogens with one attached hydrogen (secondary N) is 2. The van der Waals surface area contributed by atoms with Crippen molar-refractivity contribution in [3.8, 4) is 0 Å². The molecule has 0 saturated carbocycles. The molecule has 0 bridgehead atoms. The van der Waals surface area contributed by atoms with E-state index in [2.05, 4.69) is 20.6 Å². The Morgan fingerprint density at radius 3 is 2.89 bits per heavy atom. The minimum absolute atomic E-state index is 0.270. The first-order valence-electron chi connectivity index (χ1n) is 5.61. The summed E-state index contributed by atoms with van der Waals surface area (Å²) in [6.07, 6.45) is 0. The lowest BCUT2D eigenvalue weighted by molar-refractivity contribution is 0.758. The maximum absolute atomic E-state index is 6.11. The van der Waals surface area contributed by atoms with E-state index in [1.54, 1.807) is 0 Å². The van der Waals surface area contributed by atoms with E-state index in [0.717, 1.165) is 35.9 Å². The van der Waals surface area contributed by atoms with E-state index in [9.17, 15) is 0 Å². The van der Waals surface area contributed by atoms with E-state index in [1.165, 1.54) is 0 Å². The summed E-state index contributed by atoms with van der Waals surface area (Å²) in [7, 11) is 0. The summed E-state index contributed by atoms with van der Waals surface area (Å²) >= 11 is 6.11. The standard InChI is InChI=1S/C12H12ClN5/c13-8-3-1-2-4-9(8)16-11-7-5-15-6-10(7)17-12(14)18-11/h1-4,15H,5-6H2,(H3,14,16,17,18). The number of halogens is 1. The minimum atomic E-state index is 0.270. The molecule has 1 aliphatic rings. The van der Waals surface area contributed by atoms with Crippen LogP contribution < -0.4 is 16.4 Å². The number of anilines is 3. The molecule has 2 aromatic rings. The lowest BCUT2D eigenvalue weighted by Gasteiger charge is -2.11. The molecule has 3 rings (SSSR count). The number of rotatable bonds is 2. The smallest absolute Gasteiger partial charge is 0.222 e. The van der Waals surface area contributed by atoms with Gasteiger partial charge < -0.3 is 16.4 Å². The van der Waals surface area contributed by atoms with Gasteiger partial charge in [-0.3, -0.25) is 0 Å². The normalized spacial score (nSPS) is 13.4. The van der Waals surface area contributed by atoms with Crippen molar-refractivity contribution in [2.75, 3.05) is 11.1 Å². The van der Waals surface area contributed by atoms with Crippen molar-refractivity contribution in [1.29, 1.82) is 0 Å². The first-order chi connectivity index (χ1) is 8.74. The third-order valence-corrected chi connectivity index (χ3v) is 3.16. The molecule has 0 spiro atoms. The Morgan fingerprint density at radius 2 is 2.06 bits per heavy atom. The SMILES string of the molecule is Nc1nc2c(c(Nc3ccccc3Cl)n1)CNC2. The van der Waals surface area contributed by atoms with Crippen LogP contribution in [-0.2, 0) is 13.1 Å². The molecule has 6 heteroatoms. The van der Waals surface area contributed by atoms with Gasteiger partial charge in [0.05, 0.1) is 16.4 Å². The van der Waals surface area contributed by atoms with Crippen LogP contribution in [0.2, 0.25) is 5.02 Å². The van der Waals surface area contributed by atoms with Crippen LogP contribution in [0.15, 0.2) is 24.3 Å². The monoisotopic (exact) mass is 261 g/mol. The summed E-state index contributed by atoms with van der Waals surface area (Å²) in [6, 6.07) is 7.52. The van der Waals surface area contributed by atoms with E-state index in [0.29, 0.717) is 5.02 Å². The first-order valence-corrected chi connectivity index (χ1v) is 5.99. The molecule has 1 aromatic carbocycles. The van der Waals surface area contributed by atoms with Crippen molar-refractivity contribution in [2.24, 2.45) is 0 Å². The van der Waals surface area contributed by atoms with Crippen LogP contribution >= 0.6 is 11.6 Å². The molecule has 4 N–H and O–H groups in total. The van der Waals surface area contributed by atoms with Gasteiger partial charge in [-0.25, -0.2) is 4.98 Å². The highest BCUT2D eigenvalue weighted by Gasteiger charge is 2.18. The van der Waals surface area contributed by atoms with E-state index >= 15 is 0 Å². The predicted octanol–water partition coefficient (Wildman–Crippen LogP) is 2.06. The van der Waals surface area contributed by atoms with Crippen LogP contribution in [0.25, 0.3) is 0 Å². The topological polar surface area (TPSA) is 75.9 Å². The fraction of sp³-hybridized carbons (Fsp3) is 0.167. The summed E-state index contributed by atoms with van der Waals surface area (Å²) in [5, 5.41) is 7.08. The van der Waals surface area contributed by atoms with Crippen LogP contribution in [0.1, 0.15) is 11.3 Å². The van der Waals surface area contributed by atoms with Crippen LogP contribution in [0.4, 0.5) is 17.5 Å². The Kier molecular flexibility index (Phi) is 2.77. The van der Waals surface area contributed by atoms with E-state index in [-0.39, 0.29) is 5.95 Å². The summed E-state index contributed by atoms with van der Waals surface area (Å²) < 4.78 is 0. The second-order valence-electron chi connectivity index (χ2n) is 4.06. The van der Waals surface area contributed by atoms with Gasteiger partial charge in [0.15, 0.2) is 0 Å². The molecule has 1 aliphatic heterocycles. The van der Waals surface area contributed by atoms with Gasteiger partial charge in [0, 0.05) is 18.7 Å². The van der Waals surface area contributed by atoms with Crippen molar-refractivity contribution in [1.82, 2.24) is 15.3 Å². The van der Waals surface area contributed by atoms with Crippen molar-refractivity contribution < 1.29 is 0 Å².